The van der Waals surface area contributed by atoms with Gasteiger partial charge in [0.25, 0.3) is 0 Å². The molecule has 1 unspecified atom stereocenters. The Kier molecular flexibility index (Phi) is 13.1. The Hall–Kier alpha value is -0.760. The molecule has 0 spiro atoms. The van der Waals surface area contributed by atoms with Gasteiger partial charge >= 0.3 is 7.82 Å². The molecule has 0 saturated carbocycles. The van der Waals surface area contributed by atoms with E-state index in [0.717, 1.165) is 0 Å². The van der Waals surface area contributed by atoms with E-state index in [4.69, 9.17) is 18.3 Å². The van der Waals surface area contributed by atoms with E-state index >= 15 is 0 Å². The molecule has 0 aliphatic rings. The SMILES string of the molecule is C=CCOP(=O)(OCCC)OC[C@H](COCC[C@@H](C)O)NC(C)=O. The van der Waals surface area contributed by atoms with Crippen molar-refractivity contribution in [2.24, 2.45) is 0 Å². The summed E-state index contributed by atoms with van der Waals surface area (Å²) in [4.78, 5) is 11.3. The summed E-state index contributed by atoms with van der Waals surface area (Å²) in [5, 5.41) is 11.8. The number of hydrogen-bond donors (Lipinski definition) is 2. The van der Waals surface area contributed by atoms with Crippen LogP contribution in [0.4, 0.5) is 0 Å². The van der Waals surface area contributed by atoms with Crippen molar-refractivity contribution < 1.29 is 32.8 Å². The zero-order valence-electron chi connectivity index (χ0n) is 14.7. The molecule has 0 radical (unpaired) electrons. The third-order valence-electron chi connectivity index (χ3n) is 2.64. The molecule has 0 aromatic rings. The maximum absolute atomic E-state index is 12.4. The average molecular weight is 367 g/mol. The standard InChI is InChI=1S/C15H30NO7P/c1-5-8-21-24(19,22-9-6-2)23-12-15(16-14(4)18)11-20-10-7-13(3)17/h5,13,15,17H,1,6-12H2,2-4H3,(H,16,18)/t13-,15+,24?/m1/s1. The molecule has 0 fully saturated rings. The highest BCUT2D eigenvalue weighted by molar-refractivity contribution is 7.48. The van der Waals surface area contributed by atoms with Gasteiger partial charge < -0.3 is 15.2 Å². The number of ether oxygens (including phenoxy) is 1. The number of nitrogens with one attached hydrogen (secondary N) is 1. The van der Waals surface area contributed by atoms with Gasteiger partial charge in [0.05, 0.1) is 38.6 Å². The zero-order chi connectivity index (χ0) is 18.4. The van der Waals surface area contributed by atoms with E-state index in [1.165, 1.54) is 13.0 Å². The van der Waals surface area contributed by atoms with Crippen LogP contribution in [0.1, 0.15) is 33.6 Å². The molecule has 3 atom stereocenters. The summed E-state index contributed by atoms with van der Waals surface area (Å²) in [7, 11) is -3.72. The quantitative estimate of drug-likeness (QED) is 0.259. The number of aliphatic hydroxyl groups excluding tert-OH is 1. The van der Waals surface area contributed by atoms with Gasteiger partial charge in [-0.3, -0.25) is 18.4 Å². The molecule has 1 amide bonds. The van der Waals surface area contributed by atoms with Gasteiger partial charge in [0.15, 0.2) is 0 Å². The number of hydrogen-bond acceptors (Lipinski definition) is 7. The summed E-state index contributed by atoms with van der Waals surface area (Å²) in [6, 6.07) is -0.512. The van der Waals surface area contributed by atoms with Gasteiger partial charge in [-0.1, -0.05) is 13.0 Å². The lowest BCUT2D eigenvalue weighted by Crippen LogP contribution is -2.40. The van der Waals surface area contributed by atoms with E-state index in [1.54, 1.807) is 6.92 Å². The fraction of sp³-hybridized carbons (Fsp3) is 0.800. The first-order chi connectivity index (χ1) is 11.3. The topological polar surface area (TPSA) is 103 Å². The van der Waals surface area contributed by atoms with Crippen molar-refractivity contribution in [3.8, 4) is 0 Å². The fourth-order valence-corrected chi connectivity index (χ4v) is 2.82. The number of carbonyl (C=O) groups is 1. The minimum absolute atomic E-state index is 0.0245. The van der Waals surface area contributed by atoms with Crippen molar-refractivity contribution >= 4 is 13.7 Å². The molecule has 0 aliphatic carbocycles. The van der Waals surface area contributed by atoms with Crippen LogP contribution >= 0.6 is 7.82 Å². The molecule has 24 heavy (non-hydrogen) atoms. The Morgan fingerprint density at radius 3 is 2.54 bits per heavy atom. The van der Waals surface area contributed by atoms with Crippen molar-refractivity contribution in [3.05, 3.63) is 12.7 Å². The molecule has 0 aliphatic heterocycles. The molecule has 0 saturated heterocycles. The Balaban J connectivity index is 4.52. The van der Waals surface area contributed by atoms with Gasteiger partial charge in [0.1, 0.15) is 0 Å². The minimum atomic E-state index is -3.72. The molecule has 0 heterocycles. The molecular weight excluding hydrogens is 337 g/mol. The van der Waals surface area contributed by atoms with Crippen molar-refractivity contribution in [1.29, 1.82) is 0 Å². The summed E-state index contributed by atoms with van der Waals surface area (Å²) in [6.45, 7) is 9.04. The molecule has 0 aromatic heterocycles. The summed E-state index contributed by atoms with van der Waals surface area (Å²) < 4.78 is 33.4. The molecule has 8 nitrogen and oxygen atoms in total. The normalized spacial score (nSPS) is 16.2. The molecule has 0 bridgehead atoms. The third kappa shape index (κ3) is 12.6. The van der Waals surface area contributed by atoms with Gasteiger partial charge in [-0.05, 0) is 19.8 Å². The second kappa shape index (κ2) is 13.5. The zero-order valence-corrected chi connectivity index (χ0v) is 15.6. The predicted octanol–water partition coefficient (Wildman–Crippen LogP) is 2.03. The highest BCUT2D eigenvalue weighted by atomic mass is 31.2. The second-order valence-corrected chi connectivity index (χ2v) is 6.94. The number of rotatable bonds is 15. The average Bonchev–Trinajstić information content (AvgIpc) is 2.52. The number of phosphoric ester groups is 1. The van der Waals surface area contributed by atoms with Gasteiger partial charge in [-0.2, -0.15) is 0 Å². The van der Waals surface area contributed by atoms with Crippen molar-refractivity contribution in [3.63, 3.8) is 0 Å². The monoisotopic (exact) mass is 367 g/mol. The van der Waals surface area contributed by atoms with E-state index in [2.05, 4.69) is 11.9 Å². The van der Waals surface area contributed by atoms with Crippen LogP contribution in [0.15, 0.2) is 12.7 Å². The van der Waals surface area contributed by atoms with Crippen LogP contribution in [0.25, 0.3) is 0 Å². The Bertz CT molecular complexity index is 403. The fourth-order valence-electron chi connectivity index (χ4n) is 1.54. The molecule has 0 aromatic carbocycles. The maximum atomic E-state index is 12.4. The smallest absolute Gasteiger partial charge is 0.393 e. The first-order valence-corrected chi connectivity index (χ1v) is 9.46. The Morgan fingerprint density at radius 2 is 2.00 bits per heavy atom. The molecular formula is C15H30NO7P. The van der Waals surface area contributed by atoms with E-state index < -0.39 is 20.0 Å². The van der Waals surface area contributed by atoms with Crippen LogP contribution < -0.4 is 5.32 Å². The van der Waals surface area contributed by atoms with Gasteiger partial charge in [-0.25, -0.2) is 4.57 Å². The predicted molar refractivity (Wildman–Crippen MR) is 90.7 cm³/mol. The van der Waals surface area contributed by atoms with E-state index in [9.17, 15) is 14.5 Å². The summed E-state index contributed by atoms with van der Waals surface area (Å²) in [5.74, 6) is -0.265. The highest BCUT2D eigenvalue weighted by Gasteiger charge is 2.28. The largest absolute Gasteiger partial charge is 0.475 e. The van der Waals surface area contributed by atoms with E-state index in [1.807, 2.05) is 6.92 Å². The number of aliphatic hydroxyl groups is 1. The Labute approximate surface area is 144 Å². The molecule has 142 valence electrons. The van der Waals surface area contributed by atoms with Crippen LogP contribution in [0, 0.1) is 0 Å². The van der Waals surface area contributed by atoms with Gasteiger partial charge in [0.2, 0.25) is 5.91 Å². The summed E-state index contributed by atoms with van der Waals surface area (Å²) in [5.41, 5.74) is 0. The lowest BCUT2D eigenvalue weighted by atomic mass is 10.3. The number of phosphoric acid groups is 1. The molecule has 9 heteroatoms. The number of carbonyl (C=O) groups excluding carboxylic acids is 1. The van der Waals surface area contributed by atoms with Crippen molar-refractivity contribution in [1.82, 2.24) is 5.32 Å². The van der Waals surface area contributed by atoms with Gasteiger partial charge in [-0.15, -0.1) is 6.58 Å². The summed E-state index contributed by atoms with van der Waals surface area (Å²) >= 11 is 0. The van der Waals surface area contributed by atoms with Gasteiger partial charge in [0, 0.05) is 13.5 Å². The second-order valence-electron chi connectivity index (χ2n) is 5.27. The van der Waals surface area contributed by atoms with E-state index in [0.29, 0.717) is 19.4 Å². The van der Waals surface area contributed by atoms with Crippen LogP contribution in [-0.2, 0) is 27.7 Å². The van der Waals surface area contributed by atoms with Crippen LogP contribution in [0.5, 0.6) is 0 Å². The number of amides is 1. The minimum Gasteiger partial charge on any atom is -0.393 e. The first-order valence-electron chi connectivity index (χ1n) is 8.00. The lowest BCUT2D eigenvalue weighted by molar-refractivity contribution is -0.120. The maximum Gasteiger partial charge on any atom is 0.475 e. The summed E-state index contributed by atoms with van der Waals surface area (Å²) in [6.07, 6.45) is 2.11. The van der Waals surface area contributed by atoms with Crippen molar-refractivity contribution in [2.75, 3.05) is 33.0 Å². The molecule has 2 N–H and O–H groups in total. The van der Waals surface area contributed by atoms with Crippen LogP contribution in [0.2, 0.25) is 0 Å². The van der Waals surface area contributed by atoms with Crippen LogP contribution in [-0.4, -0.2) is 56.2 Å². The Morgan fingerprint density at radius 1 is 1.29 bits per heavy atom. The third-order valence-corrected chi connectivity index (χ3v) is 4.07. The highest BCUT2D eigenvalue weighted by Crippen LogP contribution is 2.49. The van der Waals surface area contributed by atoms with Crippen molar-refractivity contribution in [2.45, 2.75) is 45.8 Å². The molecule has 0 rings (SSSR count). The van der Waals surface area contributed by atoms with E-state index in [-0.39, 0.29) is 32.3 Å². The lowest BCUT2D eigenvalue weighted by Gasteiger charge is -2.22. The van der Waals surface area contributed by atoms with Crippen LogP contribution in [0.3, 0.4) is 0 Å². The first kappa shape index (κ1) is 23.2.